The smallest absolute Gasteiger partial charge is 0.0269 e. The monoisotopic (exact) mass is 167 g/mol. The largest absolute Gasteiger partial charge is 0.276 e. The normalized spacial score (nSPS) is 13.1. The zero-order valence-electron chi connectivity index (χ0n) is 8.58. The Morgan fingerprint density at radius 2 is 1.55 bits per heavy atom. The van der Waals surface area contributed by atoms with Gasteiger partial charge in [-0.15, -0.1) is 0 Å². The highest BCUT2D eigenvalue weighted by Crippen LogP contribution is 2.07. The molecular formula is C10H19Si-. The van der Waals surface area contributed by atoms with E-state index < -0.39 is 8.07 Å². The molecule has 11 heavy (non-hydrogen) atoms. The molecule has 0 bridgehead atoms. The quantitative estimate of drug-likeness (QED) is 0.335. The van der Waals surface area contributed by atoms with Gasteiger partial charge in [-0.2, -0.15) is 5.57 Å². The van der Waals surface area contributed by atoms with E-state index in [9.17, 15) is 0 Å². The van der Waals surface area contributed by atoms with Gasteiger partial charge in [-0.1, -0.05) is 40.4 Å². The molecule has 0 saturated heterocycles. The minimum absolute atomic E-state index is 1.12. The van der Waals surface area contributed by atoms with Crippen molar-refractivity contribution in [2.24, 2.45) is 0 Å². The summed E-state index contributed by atoms with van der Waals surface area (Å²) in [7, 11) is -1.12. The fourth-order valence-electron chi connectivity index (χ4n) is 1.06. The molecule has 0 aromatic rings. The molecule has 0 atom stereocenters. The summed E-state index contributed by atoms with van der Waals surface area (Å²) >= 11 is 0. The lowest BCUT2D eigenvalue weighted by molar-refractivity contribution is 1.35. The summed E-state index contributed by atoms with van der Waals surface area (Å²) in [6.45, 7) is 13.3. The van der Waals surface area contributed by atoms with E-state index in [4.69, 9.17) is 0 Å². The van der Waals surface area contributed by atoms with Gasteiger partial charge in [0.2, 0.25) is 0 Å². The minimum atomic E-state index is -1.12. The van der Waals surface area contributed by atoms with Crippen LogP contribution in [0.2, 0.25) is 19.6 Å². The summed E-state index contributed by atoms with van der Waals surface area (Å²) in [5.41, 5.74) is 6.18. The van der Waals surface area contributed by atoms with Gasteiger partial charge in [0.15, 0.2) is 0 Å². The van der Waals surface area contributed by atoms with Gasteiger partial charge in [0.05, 0.1) is 0 Å². The van der Waals surface area contributed by atoms with Crippen LogP contribution in [-0.4, -0.2) is 8.07 Å². The predicted octanol–water partition coefficient (Wildman–Crippen LogP) is 3.58. The zero-order valence-corrected chi connectivity index (χ0v) is 9.58. The maximum atomic E-state index is 3.53. The van der Waals surface area contributed by atoms with Crippen LogP contribution in [0.1, 0.15) is 20.8 Å². The maximum Gasteiger partial charge on any atom is -0.0269 e. The first kappa shape index (κ1) is 10.7. The minimum Gasteiger partial charge on any atom is -0.276 e. The summed E-state index contributed by atoms with van der Waals surface area (Å²) in [6, 6.07) is 0. The molecule has 0 aromatic heterocycles. The Morgan fingerprint density at radius 1 is 1.09 bits per heavy atom. The molecule has 0 heterocycles. The fourth-order valence-corrected chi connectivity index (χ4v) is 2.32. The van der Waals surface area contributed by atoms with Crippen molar-refractivity contribution in [1.82, 2.24) is 0 Å². The lowest BCUT2D eigenvalue weighted by atomic mass is 10.2. The van der Waals surface area contributed by atoms with E-state index in [0.717, 1.165) is 0 Å². The first-order chi connectivity index (χ1) is 4.81. The molecule has 0 unspecified atom stereocenters. The Morgan fingerprint density at radius 3 is 1.82 bits per heavy atom. The third-order valence-electron chi connectivity index (χ3n) is 1.08. The molecule has 0 aliphatic heterocycles. The predicted molar refractivity (Wildman–Crippen MR) is 55.2 cm³/mol. The Labute approximate surface area is 72.0 Å². The van der Waals surface area contributed by atoms with E-state index in [1.807, 2.05) is 0 Å². The lowest BCUT2D eigenvalue weighted by Crippen LogP contribution is -2.17. The van der Waals surface area contributed by atoms with E-state index in [1.54, 1.807) is 0 Å². The SMILES string of the molecule is CC(=[C-][Si](C)(C)C)C=C(C)C. The van der Waals surface area contributed by atoms with Gasteiger partial charge in [-0.3, -0.25) is 5.70 Å². The highest BCUT2D eigenvalue weighted by molar-refractivity contribution is 6.79. The van der Waals surface area contributed by atoms with E-state index in [1.165, 1.54) is 11.1 Å². The number of rotatable bonds is 2. The Bertz CT molecular complexity index is 176. The van der Waals surface area contributed by atoms with Crippen LogP contribution in [0.5, 0.6) is 0 Å². The first-order valence-corrected chi connectivity index (χ1v) is 7.58. The Hall–Kier alpha value is -0.303. The number of allylic oxidation sites excluding steroid dienone is 3. The van der Waals surface area contributed by atoms with Gasteiger partial charge < -0.3 is 0 Å². The van der Waals surface area contributed by atoms with Gasteiger partial charge in [0.25, 0.3) is 0 Å². The second kappa shape index (κ2) is 3.91. The van der Waals surface area contributed by atoms with Crippen molar-refractivity contribution in [3.05, 3.63) is 22.9 Å². The highest BCUT2D eigenvalue weighted by Gasteiger charge is 1.98. The van der Waals surface area contributed by atoms with Crippen molar-refractivity contribution in [1.29, 1.82) is 0 Å². The van der Waals surface area contributed by atoms with Crippen LogP contribution in [0.25, 0.3) is 0 Å². The Balaban J connectivity index is 4.36. The highest BCUT2D eigenvalue weighted by atomic mass is 28.3. The molecule has 0 nitrogen and oxygen atoms in total. The second-order valence-corrected chi connectivity index (χ2v) is 9.03. The molecule has 0 fully saturated rings. The third-order valence-corrected chi connectivity index (χ3v) is 2.22. The van der Waals surface area contributed by atoms with Gasteiger partial charge in [-0.25, -0.2) is 11.6 Å². The number of hydrogen-bond donors (Lipinski definition) is 0. The number of hydrogen-bond acceptors (Lipinski definition) is 0. The van der Waals surface area contributed by atoms with Gasteiger partial charge in [-0.05, 0) is 8.07 Å². The average molecular weight is 167 g/mol. The van der Waals surface area contributed by atoms with Crippen LogP contribution in [0.3, 0.4) is 0 Å². The van der Waals surface area contributed by atoms with Gasteiger partial charge >= 0.3 is 0 Å². The van der Waals surface area contributed by atoms with Crippen molar-refractivity contribution in [2.75, 3.05) is 0 Å². The zero-order chi connectivity index (χ0) is 9.07. The van der Waals surface area contributed by atoms with E-state index in [0.29, 0.717) is 0 Å². The molecule has 0 N–H and O–H groups in total. The van der Waals surface area contributed by atoms with Crippen molar-refractivity contribution in [3.63, 3.8) is 0 Å². The molecule has 0 rings (SSSR count). The third kappa shape index (κ3) is 7.60. The standard InChI is InChI=1S/C10H19Si/c1-9(2)7-10(3)8-11(4,5)6/h7H,1-6H3/q-1. The molecular weight excluding hydrogens is 148 g/mol. The van der Waals surface area contributed by atoms with Gasteiger partial charge in [0.1, 0.15) is 0 Å². The van der Waals surface area contributed by atoms with Crippen molar-refractivity contribution >= 4 is 8.07 Å². The van der Waals surface area contributed by atoms with Crippen molar-refractivity contribution in [3.8, 4) is 0 Å². The molecule has 0 aliphatic rings. The summed E-state index contributed by atoms with van der Waals surface area (Å²) < 4.78 is 0. The molecule has 0 saturated carbocycles. The maximum absolute atomic E-state index is 3.53. The van der Waals surface area contributed by atoms with E-state index >= 15 is 0 Å². The molecule has 1 heteroatoms. The summed E-state index contributed by atoms with van der Waals surface area (Å²) in [5.74, 6) is 0. The molecule has 0 aromatic carbocycles. The van der Waals surface area contributed by atoms with Crippen LogP contribution in [0.15, 0.2) is 17.2 Å². The van der Waals surface area contributed by atoms with Crippen LogP contribution in [-0.2, 0) is 0 Å². The molecule has 0 aliphatic carbocycles. The van der Waals surface area contributed by atoms with Crippen molar-refractivity contribution < 1.29 is 0 Å². The van der Waals surface area contributed by atoms with E-state index in [2.05, 4.69) is 52.2 Å². The van der Waals surface area contributed by atoms with Crippen LogP contribution < -0.4 is 0 Å². The summed E-state index contributed by atoms with van der Waals surface area (Å²) in [6.07, 6.45) is 2.19. The van der Waals surface area contributed by atoms with Crippen molar-refractivity contribution in [2.45, 2.75) is 40.4 Å². The second-order valence-electron chi connectivity index (χ2n) is 4.28. The fraction of sp³-hybridized carbons (Fsp3) is 0.600. The first-order valence-electron chi connectivity index (χ1n) is 4.08. The lowest BCUT2D eigenvalue weighted by Gasteiger charge is -2.20. The van der Waals surface area contributed by atoms with Gasteiger partial charge in [0, 0.05) is 0 Å². The van der Waals surface area contributed by atoms with Crippen LogP contribution in [0, 0.1) is 5.70 Å². The Kier molecular flexibility index (Phi) is 3.80. The van der Waals surface area contributed by atoms with Crippen LogP contribution >= 0.6 is 0 Å². The average Bonchev–Trinajstić information content (AvgIpc) is 1.53. The molecule has 64 valence electrons. The van der Waals surface area contributed by atoms with E-state index in [-0.39, 0.29) is 0 Å². The molecule has 0 amide bonds. The molecule has 0 spiro atoms. The molecule has 0 radical (unpaired) electrons. The summed E-state index contributed by atoms with van der Waals surface area (Å²) in [4.78, 5) is 0. The van der Waals surface area contributed by atoms with Crippen LogP contribution in [0.4, 0.5) is 0 Å². The summed E-state index contributed by atoms with van der Waals surface area (Å²) in [5, 5.41) is 0. The topological polar surface area (TPSA) is 0 Å².